The molecule has 0 aliphatic rings. The third kappa shape index (κ3) is 2.99. The van der Waals surface area contributed by atoms with E-state index in [1.165, 1.54) is 0 Å². The number of rotatable bonds is 5. The van der Waals surface area contributed by atoms with Crippen molar-refractivity contribution in [2.45, 2.75) is 20.8 Å². The van der Waals surface area contributed by atoms with Crippen LogP contribution in [0.15, 0.2) is 24.3 Å². The van der Waals surface area contributed by atoms with Crippen LogP contribution in [0.4, 0.5) is 0 Å². The Labute approximate surface area is 117 Å². The van der Waals surface area contributed by atoms with E-state index in [1.807, 2.05) is 24.3 Å². The molecule has 1 aromatic carbocycles. The number of aryl methyl sites for hydroxylation is 1. The molecule has 0 saturated heterocycles. The summed E-state index contributed by atoms with van der Waals surface area (Å²) in [5.74, 6) is 0.161. The van der Waals surface area contributed by atoms with Crippen LogP contribution in [0.1, 0.15) is 29.9 Å². The lowest BCUT2D eigenvalue weighted by Gasteiger charge is -2.09. The molecule has 0 saturated carbocycles. The predicted molar refractivity (Wildman–Crippen MR) is 76.1 cm³/mol. The minimum atomic E-state index is -0.986. The highest BCUT2D eigenvalue weighted by atomic mass is 16.5. The van der Waals surface area contributed by atoms with Crippen molar-refractivity contribution in [3.05, 3.63) is 35.5 Å². The molecule has 0 spiro atoms. The van der Waals surface area contributed by atoms with E-state index in [0.29, 0.717) is 29.7 Å². The molecular formula is C15H18N2O3. The number of carboxylic acid groups (broad SMARTS) is 1. The van der Waals surface area contributed by atoms with Crippen molar-refractivity contribution in [2.75, 3.05) is 6.61 Å². The maximum absolute atomic E-state index is 11.3. The number of ether oxygens (including phenoxy) is 1. The summed E-state index contributed by atoms with van der Waals surface area (Å²) in [6.07, 6.45) is 0. The molecule has 0 unspecified atom stereocenters. The molecule has 2 rings (SSSR count). The number of aromatic carboxylic acids is 1. The zero-order valence-corrected chi connectivity index (χ0v) is 11.8. The molecule has 0 fully saturated rings. The minimum Gasteiger partial charge on any atom is -0.493 e. The molecule has 2 aromatic rings. The first-order valence-electron chi connectivity index (χ1n) is 6.50. The van der Waals surface area contributed by atoms with Crippen LogP contribution >= 0.6 is 0 Å². The van der Waals surface area contributed by atoms with E-state index in [2.05, 4.69) is 24.0 Å². The van der Waals surface area contributed by atoms with Gasteiger partial charge in [-0.25, -0.2) is 4.79 Å². The summed E-state index contributed by atoms with van der Waals surface area (Å²) in [6, 6.07) is 7.32. The van der Waals surface area contributed by atoms with Gasteiger partial charge in [0.2, 0.25) is 0 Å². The Bertz CT molecular complexity index is 617. The third-order valence-electron chi connectivity index (χ3n) is 2.85. The van der Waals surface area contributed by atoms with Gasteiger partial charge < -0.3 is 9.84 Å². The summed E-state index contributed by atoms with van der Waals surface area (Å²) in [7, 11) is 0. The average Bonchev–Trinajstić information content (AvgIpc) is 2.79. The van der Waals surface area contributed by atoms with E-state index in [9.17, 15) is 9.90 Å². The number of nitrogens with zero attached hydrogens (tertiary/aromatic N) is 1. The van der Waals surface area contributed by atoms with Gasteiger partial charge in [-0.15, -0.1) is 0 Å². The van der Waals surface area contributed by atoms with Crippen LogP contribution in [0.5, 0.6) is 5.75 Å². The first-order valence-corrected chi connectivity index (χ1v) is 6.50. The van der Waals surface area contributed by atoms with Gasteiger partial charge in [-0.1, -0.05) is 26.0 Å². The highest BCUT2D eigenvalue weighted by Gasteiger charge is 2.18. The van der Waals surface area contributed by atoms with E-state index in [-0.39, 0.29) is 5.56 Å². The monoisotopic (exact) mass is 274 g/mol. The molecular weight excluding hydrogens is 256 g/mol. The van der Waals surface area contributed by atoms with E-state index < -0.39 is 5.97 Å². The fourth-order valence-electron chi connectivity index (χ4n) is 1.90. The molecule has 5 nitrogen and oxygen atoms in total. The van der Waals surface area contributed by atoms with Crippen LogP contribution in [0.25, 0.3) is 11.3 Å². The predicted octanol–water partition coefficient (Wildman–Crippen LogP) is 3.12. The second-order valence-corrected chi connectivity index (χ2v) is 5.11. The van der Waals surface area contributed by atoms with Crippen molar-refractivity contribution < 1.29 is 14.6 Å². The number of carbonyl (C=O) groups is 1. The minimum absolute atomic E-state index is 0.200. The lowest BCUT2D eigenvalue weighted by molar-refractivity contribution is 0.0697. The van der Waals surface area contributed by atoms with E-state index in [0.717, 1.165) is 5.56 Å². The van der Waals surface area contributed by atoms with Crippen molar-refractivity contribution in [1.29, 1.82) is 0 Å². The van der Waals surface area contributed by atoms with Gasteiger partial charge in [-0.3, -0.25) is 5.10 Å². The number of aromatic nitrogens is 2. The number of aromatic amines is 1. The smallest absolute Gasteiger partial charge is 0.339 e. The zero-order valence-electron chi connectivity index (χ0n) is 11.8. The van der Waals surface area contributed by atoms with Gasteiger partial charge in [0.05, 0.1) is 6.61 Å². The van der Waals surface area contributed by atoms with E-state index in [4.69, 9.17) is 4.74 Å². The topological polar surface area (TPSA) is 75.2 Å². The molecule has 5 heteroatoms. The molecule has 0 amide bonds. The molecule has 0 bridgehead atoms. The van der Waals surface area contributed by atoms with E-state index >= 15 is 0 Å². The highest BCUT2D eigenvalue weighted by Crippen LogP contribution is 2.27. The number of hydrogen-bond acceptors (Lipinski definition) is 3. The van der Waals surface area contributed by atoms with Crippen molar-refractivity contribution >= 4 is 5.97 Å². The lowest BCUT2D eigenvalue weighted by Crippen LogP contribution is -2.04. The van der Waals surface area contributed by atoms with Gasteiger partial charge in [0.1, 0.15) is 17.0 Å². The highest BCUT2D eigenvalue weighted by molar-refractivity contribution is 5.96. The molecule has 0 aliphatic heterocycles. The maximum Gasteiger partial charge on any atom is 0.339 e. The van der Waals surface area contributed by atoms with Crippen LogP contribution in [-0.4, -0.2) is 27.9 Å². The first kappa shape index (κ1) is 14.1. The van der Waals surface area contributed by atoms with Crippen LogP contribution < -0.4 is 4.74 Å². The molecule has 0 radical (unpaired) electrons. The average molecular weight is 274 g/mol. The Morgan fingerprint density at radius 3 is 2.85 bits per heavy atom. The Kier molecular flexibility index (Phi) is 4.08. The summed E-state index contributed by atoms with van der Waals surface area (Å²) in [5.41, 5.74) is 1.91. The van der Waals surface area contributed by atoms with Crippen molar-refractivity contribution in [1.82, 2.24) is 10.2 Å². The fraction of sp³-hybridized carbons (Fsp3) is 0.333. The summed E-state index contributed by atoms with van der Waals surface area (Å²) in [4.78, 5) is 11.3. The SMILES string of the molecule is Cc1[nH]nc(-c2cccc(OCC(C)C)c2)c1C(=O)O. The van der Waals surface area contributed by atoms with Gasteiger partial charge in [0.15, 0.2) is 0 Å². The summed E-state index contributed by atoms with van der Waals surface area (Å²) >= 11 is 0. The normalized spacial score (nSPS) is 10.8. The molecule has 1 aromatic heterocycles. The van der Waals surface area contributed by atoms with Gasteiger partial charge in [0.25, 0.3) is 0 Å². The quantitative estimate of drug-likeness (QED) is 0.878. The van der Waals surface area contributed by atoms with Gasteiger partial charge >= 0.3 is 5.97 Å². The third-order valence-corrected chi connectivity index (χ3v) is 2.85. The first-order chi connectivity index (χ1) is 9.49. The van der Waals surface area contributed by atoms with Crippen molar-refractivity contribution in [3.8, 4) is 17.0 Å². The molecule has 1 heterocycles. The number of benzene rings is 1. The Morgan fingerprint density at radius 1 is 1.45 bits per heavy atom. The number of carboxylic acids is 1. The molecule has 0 atom stereocenters. The Morgan fingerprint density at radius 2 is 2.20 bits per heavy atom. The second-order valence-electron chi connectivity index (χ2n) is 5.11. The van der Waals surface area contributed by atoms with Gasteiger partial charge in [0, 0.05) is 11.3 Å². The van der Waals surface area contributed by atoms with Crippen LogP contribution in [0, 0.1) is 12.8 Å². The largest absolute Gasteiger partial charge is 0.493 e. The molecule has 0 aliphatic carbocycles. The van der Waals surface area contributed by atoms with E-state index in [1.54, 1.807) is 6.92 Å². The number of nitrogens with one attached hydrogen (secondary N) is 1. The van der Waals surface area contributed by atoms with Crippen LogP contribution in [0.3, 0.4) is 0 Å². The fourth-order valence-corrected chi connectivity index (χ4v) is 1.90. The molecule has 20 heavy (non-hydrogen) atoms. The summed E-state index contributed by atoms with van der Waals surface area (Å²) in [6.45, 7) is 6.46. The lowest BCUT2D eigenvalue weighted by atomic mass is 10.1. The summed E-state index contributed by atoms with van der Waals surface area (Å²) in [5, 5.41) is 16.0. The maximum atomic E-state index is 11.3. The number of H-pyrrole nitrogens is 1. The molecule has 2 N–H and O–H groups in total. The van der Waals surface area contributed by atoms with Gasteiger partial charge in [-0.05, 0) is 25.0 Å². The van der Waals surface area contributed by atoms with Crippen molar-refractivity contribution in [3.63, 3.8) is 0 Å². The van der Waals surface area contributed by atoms with Crippen LogP contribution in [-0.2, 0) is 0 Å². The Balaban J connectivity index is 2.34. The zero-order chi connectivity index (χ0) is 14.7. The van der Waals surface area contributed by atoms with Gasteiger partial charge in [-0.2, -0.15) is 5.10 Å². The summed E-state index contributed by atoms with van der Waals surface area (Å²) < 4.78 is 5.65. The Hall–Kier alpha value is -2.30. The number of hydrogen-bond donors (Lipinski definition) is 2. The van der Waals surface area contributed by atoms with Crippen LogP contribution in [0.2, 0.25) is 0 Å². The molecule has 106 valence electrons. The second kappa shape index (κ2) is 5.77. The van der Waals surface area contributed by atoms with Crippen molar-refractivity contribution in [2.24, 2.45) is 5.92 Å². The standard InChI is InChI=1S/C15H18N2O3/c1-9(2)8-20-12-6-4-5-11(7-12)14-13(15(18)19)10(3)16-17-14/h4-7,9H,8H2,1-3H3,(H,16,17)(H,18,19).